The van der Waals surface area contributed by atoms with Crippen LogP contribution in [-0.4, -0.2) is 28.4 Å². The number of rotatable bonds is 6. The highest BCUT2D eigenvalue weighted by molar-refractivity contribution is 7.15. The molecule has 2 aromatic rings. The molecule has 1 unspecified atom stereocenters. The van der Waals surface area contributed by atoms with E-state index < -0.39 is 6.04 Å². The van der Waals surface area contributed by atoms with Crippen molar-refractivity contribution in [3.05, 3.63) is 46.5 Å². The van der Waals surface area contributed by atoms with E-state index in [1.807, 2.05) is 13.0 Å². The first-order valence-electron chi connectivity index (χ1n) is 8.47. The zero-order valence-electron chi connectivity index (χ0n) is 14.4. The van der Waals surface area contributed by atoms with Gasteiger partial charge in [-0.1, -0.05) is 43.7 Å². The molecule has 3 rings (SSSR count). The molecule has 3 N–H and O–H groups in total. The maximum Gasteiger partial charge on any atom is 0.243 e. The summed E-state index contributed by atoms with van der Waals surface area (Å²) in [7, 11) is 0. The van der Waals surface area contributed by atoms with Crippen molar-refractivity contribution in [2.45, 2.75) is 45.3 Å². The van der Waals surface area contributed by atoms with Gasteiger partial charge in [0.05, 0.1) is 11.7 Å². The Labute approximate surface area is 159 Å². The summed E-state index contributed by atoms with van der Waals surface area (Å²) in [5, 5.41) is 3.55. The van der Waals surface area contributed by atoms with E-state index in [9.17, 15) is 4.79 Å². The molecule has 1 atom stereocenters. The molecule has 0 aliphatic carbocycles. The lowest BCUT2D eigenvalue weighted by molar-refractivity contribution is -0.117. The molecule has 1 aromatic heterocycles. The number of thiazole rings is 1. The number of fused-ring (bicyclic) bond motifs is 1. The number of nitrogens with one attached hydrogen (secondary N) is 1. The van der Waals surface area contributed by atoms with E-state index in [-0.39, 0.29) is 18.3 Å². The van der Waals surface area contributed by atoms with Gasteiger partial charge in [-0.05, 0) is 12.0 Å². The maximum absolute atomic E-state index is 12.0. The van der Waals surface area contributed by atoms with Gasteiger partial charge in [0, 0.05) is 30.9 Å². The Hall–Kier alpha value is -1.47. The average molecular weight is 381 g/mol. The van der Waals surface area contributed by atoms with Crippen molar-refractivity contribution in [1.82, 2.24) is 9.88 Å². The lowest BCUT2D eigenvalue weighted by Crippen LogP contribution is -2.35. The summed E-state index contributed by atoms with van der Waals surface area (Å²) in [4.78, 5) is 20.3. The molecule has 0 saturated carbocycles. The van der Waals surface area contributed by atoms with E-state index in [0.717, 1.165) is 38.2 Å². The van der Waals surface area contributed by atoms with Gasteiger partial charge in [-0.3, -0.25) is 9.69 Å². The van der Waals surface area contributed by atoms with E-state index in [4.69, 9.17) is 5.73 Å². The van der Waals surface area contributed by atoms with Crippen LogP contribution >= 0.6 is 23.7 Å². The van der Waals surface area contributed by atoms with E-state index in [2.05, 4.69) is 39.5 Å². The molecule has 1 aliphatic heterocycles. The summed E-state index contributed by atoms with van der Waals surface area (Å²) in [6.45, 7) is 4.85. The molecule has 2 heterocycles. The van der Waals surface area contributed by atoms with Crippen molar-refractivity contribution < 1.29 is 4.79 Å². The first-order chi connectivity index (χ1) is 11.7. The molecule has 5 nitrogen and oxygen atoms in total. The third kappa shape index (κ3) is 5.25. The minimum Gasteiger partial charge on any atom is -0.320 e. The fourth-order valence-electron chi connectivity index (χ4n) is 2.92. The molecule has 25 heavy (non-hydrogen) atoms. The first kappa shape index (κ1) is 19.8. The van der Waals surface area contributed by atoms with Crippen LogP contribution in [0.5, 0.6) is 0 Å². The number of hydrogen-bond donors (Lipinski definition) is 2. The van der Waals surface area contributed by atoms with E-state index in [1.54, 1.807) is 11.3 Å². The molecule has 1 aromatic carbocycles. The van der Waals surface area contributed by atoms with Crippen LogP contribution in [-0.2, 0) is 24.3 Å². The predicted molar refractivity (Wildman–Crippen MR) is 105 cm³/mol. The number of carbonyl (C=O) groups excluding carboxylic acids is 1. The van der Waals surface area contributed by atoms with Crippen molar-refractivity contribution in [2.75, 3.05) is 11.9 Å². The van der Waals surface area contributed by atoms with Crippen molar-refractivity contribution in [1.29, 1.82) is 0 Å². The highest BCUT2D eigenvalue weighted by atomic mass is 35.5. The zero-order valence-corrected chi connectivity index (χ0v) is 16.0. The lowest BCUT2D eigenvalue weighted by atomic mass is 10.1. The Kier molecular flexibility index (Phi) is 7.38. The number of nitrogens with zero attached hydrogens (tertiary/aromatic N) is 2. The Morgan fingerprint density at radius 1 is 1.40 bits per heavy atom. The van der Waals surface area contributed by atoms with Gasteiger partial charge in [-0.15, -0.1) is 23.7 Å². The first-order valence-corrected chi connectivity index (χ1v) is 9.28. The van der Waals surface area contributed by atoms with Gasteiger partial charge < -0.3 is 11.1 Å². The van der Waals surface area contributed by atoms with Gasteiger partial charge >= 0.3 is 0 Å². The molecule has 0 bridgehead atoms. The molecular weight excluding hydrogens is 356 g/mol. The topological polar surface area (TPSA) is 71.2 Å². The standard InChI is InChI=1S/C18H24N4OS.ClH/c1-2-6-14(19)17(23)21-18-20-15-9-10-22(12-16(15)24-18)11-13-7-4-3-5-8-13;/h3-5,7-8,14H,2,6,9-12,19H2,1H3,(H,20,21,23);1H. The normalized spacial score (nSPS) is 15.1. The number of amides is 1. The summed E-state index contributed by atoms with van der Waals surface area (Å²) in [5.74, 6) is -0.135. The third-order valence-corrected chi connectivity index (χ3v) is 5.22. The van der Waals surface area contributed by atoms with Crippen LogP contribution in [0, 0.1) is 0 Å². The van der Waals surface area contributed by atoms with Crippen molar-refractivity contribution in [2.24, 2.45) is 5.73 Å². The largest absolute Gasteiger partial charge is 0.320 e. The minimum atomic E-state index is -0.453. The van der Waals surface area contributed by atoms with Crippen LogP contribution in [0.25, 0.3) is 0 Å². The van der Waals surface area contributed by atoms with Crippen molar-refractivity contribution >= 4 is 34.8 Å². The average Bonchev–Trinajstić information content (AvgIpc) is 2.97. The van der Waals surface area contributed by atoms with Crippen LogP contribution in [0.15, 0.2) is 30.3 Å². The summed E-state index contributed by atoms with van der Waals surface area (Å²) in [6, 6.07) is 10.0. The molecule has 0 radical (unpaired) electrons. The number of benzene rings is 1. The SMILES string of the molecule is CCCC(N)C(=O)Nc1nc2c(s1)CN(Cc1ccccc1)CC2.Cl. The number of carbonyl (C=O) groups is 1. The van der Waals surface area contributed by atoms with Crippen LogP contribution in [0.3, 0.4) is 0 Å². The monoisotopic (exact) mass is 380 g/mol. The third-order valence-electron chi connectivity index (χ3n) is 4.23. The van der Waals surface area contributed by atoms with Crippen LogP contribution < -0.4 is 11.1 Å². The molecule has 0 fully saturated rings. The van der Waals surface area contributed by atoms with Crippen LogP contribution in [0.4, 0.5) is 5.13 Å². The molecule has 7 heteroatoms. The smallest absolute Gasteiger partial charge is 0.243 e. The molecular formula is C18H25ClN4OS. The molecule has 1 aliphatic rings. The molecule has 0 saturated heterocycles. The summed E-state index contributed by atoms with van der Waals surface area (Å²) in [6.07, 6.45) is 2.52. The van der Waals surface area contributed by atoms with Crippen LogP contribution in [0.1, 0.15) is 35.9 Å². The second-order valence-electron chi connectivity index (χ2n) is 6.22. The van der Waals surface area contributed by atoms with E-state index >= 15 is 0 Å². The lowest BCUT2D eigenvalue weighted by Gasteiger charge is -2.25. The fraction of sp³-hybridized carbons (Fsp3) is 0.444. The summed E-state index contributed by atoms with van der Waals surface area (Å²) >= 11 is 1.57. The maximum atomic E-state index is 12.0. The van der Waals surface area contributed by atoms with E-state index in [1.165, 1.54) is 10.4 Å². The van der Waals surface area contributed by atoms with Gasteiger partial charge in [-0.25, -0.2) is 4.98 Å². The van der Waals surface area contributed by atoms with E-state index in [0.29, 0.717) is 11.6 Å². The summed E-state index contributed by atoms with van der Waals surface area (Å²) < 4.78 is 0. The van der Waals surface area contributed by atoms with Crippen LogP contribution in [0.2, 0.25) is 0 Å². The Morgan fingerprint density at radius 2 is 2.16 bits per heavy atom. The second-order valence-corrected chi connectivity index (χ2v) is 7.30. The predicted octanol–water partition coefficient (Wildman–Crippen LogP) is 3.19. The molecule has 0 spiro atoms. The summed E-state index contributed by atoms with van der Waals surface area (Å²) in [5.41, 5.74) is 8.30. The number of hydrogen-bond acceptors (Lipinski definition) is 5. The van der Waals surface area contributed by atoms with Crippen molar-refractivity contribution in [3.63, 3.8) is 0 Å². The highest BCUT2D eigenvalue weighted by Crippen LogP contribution is 2.29. The van der Waals surface area contributed by atoms with Gasteiger partial charge in [0.2, 0.25) is 5.91 Å². The number of anilines is 1. The second kappa shape index (κ2) is 9.29. The van der Waals surface area contributed by atoms with Gasteiger partial charge in [0.1, 0.15) is 0 Å². The number of nitrogens with two attached hydrogens (primary N) is 1. The number of halogens is 1. The zero-order chi connectivity index (χ0) is 16.9. The Bertz CT molecular complexity index is 692. The quantitative estimate of drug-likeness (QED) is 0.807. The fourth-order valence-corrected chi connectivity index (χ4v) is 3.97. The van der Waals surface area contributed by atoms with Gasteiger partial charge in [0.15, 0.2) is 5.13 Å². The molecule has 136 valence electrons. The molecule has 1 amide bonds. The van der Waals surface area contributed by atoms with Gasteiger partial charge in [0.25, 0.3) is 0 Å². The number of aromatic nitrogens is 1. The van der Waals surface area contributed by atoms with Crippen molar-refractivity contribution in [3.8, 4) is 0 Å². The minimum absolute atomic E-state index is 0. The van der Waals surface area contributed by atoms with Gasteiger partial charge in [-0.2, -0.15) is 0 Å². The Balaban J connectivity index is 0.00000225. The highest BCUT2D eigenvalue weighted by Gasteiger charge is 2.22. The Morgan fingerprint density at radius 3 is 2.88 bits per heavy atom.